The summed E-state index contributed by atoms with van der Waals surface area (Å²) in [6.45, 7) is 2.56. The van der Waals surface area contributed by atoms with Crippen molar-refractivity contribution in [2.75, 3.05) is 11.9 Å². The van der Waals surface area contributed by atoms with Crippen molar-refractivity contribution in [3.8, 4) is 5.75 Å². The number of allylic oxidation sites excluding steroid dienone is 2. The molecule has 0 heterocycles. The molecule has 0 fully saturated rings. The van der Waals surface area contributed by atoms with Gasteiger partial charge < -0.3 is 10.1 Å². The molecule has 2 rings (SSSR count). The maximum Gasteiger partial charge on any atom is 0.387 e. The highest BCUT2D eigenvalue weighted by Gasteiger charge is 2.17. The molecule has 20 heavy (non-hydrogen) atoms. The van der Waals surface area contributed by atoms with E-state index in [4.69, 9.17) is 0 Å². The molecule has 0 saturated heterocycles. The highest BCUT2D eigenvalue weighted by atomic mass is 19.3. The first-order chi connectivity index (χ1) is 9.52. The summed E-state index contributed by atoms with van der Waals surface area (Å²) in [6.07, 6.45) is 4.66. The standard InChI is InChI=1S/C16H21F2NO/c1-11-7-12(2)9-13(8-11)10-19-14-3-5-15(6-4-14)20-16(17)18/h3-7,11,13,16,19H,8-10H2,1-2H3. The molecule has 2 atom stereocenters. The molecule has 2 nitrogen and oxygen atoms in total. The molecule has 2 unspecified atom stereocenters. The van der Waals surface area contributed by atoms with Crippen molar-refractivity contribution >= 4 is 5.69 Å². The second-order valence-electron chi connectivity index (χ2n) is 5.58. The lowest BCUT2D eigenvalue weighted by Crippen LogP contribution is -2.20. The van der Waals surface area contributed by atoms with Crippen LogP contribution in [0.15, 0.2) is 35.9 Å². The second-order valence-corrected chi connectivity index (χ2v) is 5.58. The van der Waals surface area contributed by atoms with E-state index < -0.39 is 6.61 Å². The molecule has 0 radical (unpaired) electrons. The van der Waals surface area contributed by atoms with Gasteiger partial charge in [-0.25, -0.2) is 0 Å². The van der Waals surface area contributed by atoms with E-state index in [0.29, 0.717) is 11.8 Å². The van der Waals surface area contributed by atoms with Gasteiger partial charge in [0.1, 0.15) is 5.75 Å². The Balaban J connectivity index is 1.83. The van der Waals surface area contributed by atoms with Crippen LogP contribution in [-0.2, 0) is 0 Å². The fourth-order valence-corrected chi connectivity index (χ4v) is 2.86. The van der Waals surface area contributed by atoms with Gasteiger partial charge in [0, 0.05) is 12.2 Å². The Hall–Kier alpha value is -1.58. The van der Waals surface area contributed by atoms with E-state index in [1.54, 1.807) is 24.3 Å². The molecule has 0 bridgehead atoms. The summed E-state index contributed by atoms with van der Waals surface area (Å²) >= 11 is 0. The number of alkyl halides is 2. The molecule has 1 aromatic carbocycles. The summed E-state index contributed by atoms with van der Waals surface area (Å²) in [4.78, 5) is 0. The third-order valence-corrected chi connectivity index (χ3v) is 3.56. The first-order valence-electron chi connectivity index (χ1n) is 6.99. The normalized spacial score (nSPS) is 22.6. The molecule has 0 aromatic heterocycles. The van der Waals surface area contributed by atoms with Crippen LogP contribution in [0, 0.1) is 11.8 Å². The van der Waals surface area contributed by atoms with Crippen molar-refractivity contribution in [2.45, 2.75) is 33.3 Å². The number of nitrogens with one attached hydrogen (secondary N) is 1. The Kier molecular flexibility index (Phi) is 4.99. The van der Waals surface area contributed by atoms with Crippen LogP contribution in [0.4, 0.5) is 14.5 Å². The van der Waals surface area contributed by atoms with Crippen LogP contribution in [0.2, 0.25) is 0 Å². The summed E-state index contributed by atoms with van der Waals surface area (Å²) in [7, 11) is 0. The van der Waals surface area contributed by atoms with Gasteiger partial charge in [0.25, 0.3) is 0 Å². The molecule has 4 heteroatoms. The topological polar surface area (TPSA) is 21.3 Å². The van der Waals surface area contributed by atoms with Gasteiger partial charge >= 0.3 is 6.61 Å². The summed E-state index contributed by atoms with van der Waals surface area (Å²) < 4.78 is 28.4. The number of benzene rings is 1. The minimum Gasteiger partial charge on any atom is -0.435 e. The molecule has 1 aromatic rings. The van der Waals surface area contributed by atoms with Gasteiger partial charge in [-0.15, -0.1) is 0 Å². The highest BCUT2D eigenvalue weighted by molar-refractivity contribution is 5.46. The van der Waals surface area contributed by atoms with E-state index in [9.17, 15) is 8.78 Å². The first kappa shape index (κ1) is 14.8. The zero-order chi connectivity index (χ0) is 14.5. The maximum atomic E-state index is 12.0. The van der Waals surface area contributed by atoms with Crippen LogP contribution in [0.25, 0.3) is 0 Å². The summed E-state index contributed by atoms with van der Waals surface area (Å²) in [5.41, 5.74) is 2.39. The maximum absolute atomic E-state index is 12.0. The molecule has 0 amide bonds. The summed E-state index contributed by atoms with van der Waals surface area (Å²) in [6, 6.07) is 6.66. The largest absolute Gasteiger partial charge is 0.435 e. The molecule has 1 aliphatic rings. The molecule has 0 saturated carbocycles. The average molecular weight is 281 g/mol. The Morgan fingerprint density at radius 3 is 2.60 bits per heavy atom. The third-order valence-electron chi connectivity index (χ3n) is 3.56. The Morgan fingerprint density at radius 1 is 1.30 bits per heavy atom. The smallest absolute Gasteiger partial charge is 0.387 e. The van der Waals surface area contributed by atoms with E-state index in [0.717, 1.165) is 18.7 Å². The lowest BCUT2D eigenvalue weighted by molar-refractivity contribution is -0.0498. The number of hydrogen-bond donors (Lipinski definition) is 1. The second kappa shape index (κ2) is 6.73. The van der Waals surface area contributed by atoms with Crippen molar-refractivity contribution in [2.24, 2.45) is 11.8 Å². The van der Waals surface area contributed by atoms with Crippen molar-refractivity contribution in [1.29, 1.82) is 0 Å². The van der Waals surface area contributed by atoms with Gasteiger partial charge in [-0.1, -0.05) is 18.6 Å². The van der Waals surface area contributed by atoms with Gasteiger partial charge in [-0.3, -0.25) is 0 Å². The van der Waals surface area contributed by atoms with Gasteiger partial charge in [-0.05, 0) is 55.9 Å². The molecular formula is C16H21F2NO. The van der Waals surface area contributed by atoms with Crippen LogP contribution >= 0.6 is 0 Å². The minimum atomic E-state index is -2.77. The van der Waals surface area contributed by atoms with Gasteiger partial charge in [-0.2, -0.15) is 8.78 Å². The number of rotatable bonds is 5. The predicted octanol–water partition coefficient (Wildman–Crippen LogP) is 4.69. The van der Waals surface area contributed by atoms with Crippen LogP contribution in [0.5, 0.6) is 5.75 Å². The van der Waals surface area contributed by atoms with E-state index in [-0.39, 0.29) is 5.75 Å². The zero-order valence-corrected chi connectivity index (χ0v) is 11.9. The fraction of sp³-hybridized carbons (Fsp3) is 0.500. The van der Waals surface area contributed by atoms with E-state index >= 15 is 0 Å². The van der Waals surface area contributed by atoms with E-state index in [2.05, 4.69) is 30.0 Å². The Bertz CT molecular complexity index is 456. The lowest BCUT2D eigenvalue weighted by atomic mass is 9.84. The minimum absolute atomic E-state index is 0.190. The zero-order valence-electron chi connectivity index (χ0n) is 11.9. The predicted molar refractivity (Wildman–Crippen MR) is 77.2 cm³/mol. The fourth-order valence-electron chi connectivity index (χ4n) is 2.86. The van der Waals surface area contributed by atoms with Gasteiger partial charge in [0.15, 0.2) is 0 Å². The lowest BCUT2D eigenvalue weighted by Gasteiger charge is -2.26. The van der Waals surface area contributed by atoms with Crippen molar-refractivity contribution < 1.29 is 13.5 Å². The quantitative estimate of drug-likeness (QED) is 0.790. The number of ether oxygens (including phenoxy) is 1. The monoisotopic (exact) mass is 281 g/mol. The highest BCUT2D eigenvalue weighted by Crippen LogP contribution is 2.28. The van der Waals surface area contributed by atoms with Crippen LogP contribution in [0.1, 0.15) is 26.7 Å². The molecule has 0 aliphatic heterocycles. The van der Waals surface area contributed by atoms with Crippen molar-refractivity contribution in [1.82, 2.24) is 0 Å². The van der Waals surface area contributed by atoms with Gasteiger partial charge in [0.05, 0.1) is 0 Å². The van der Waals surface area contributed by atoms with E-state index in [1.165, 1.54) is 12.0 Å². The summed E-state index contributed by atoms with van der Waals surface area (Å²) in [5.74, 6) is 1.46. The van der Waals surface area contributed by atoms with E-state index in [1.807, 2.05) is 0 Å². The molecule has 1 N–H and O–H groups in total. The first-order valence-corrected chi connectivity index (χ1v) is 6.99. The third kappa shape index (κ3) is 4.51. The van der Waals surface area contributed by atoms with Crippen LogP contribution in [-0.4, -0.2) is 13.2 Å². The average Bonchev–Trinajstić information content (AvgIpc) is 2.36. The van der Waals surface area contributed by atoms with Crippen molar-refractivity contribution in [3.63, 3.8) is 0 Å². The molecule has 1 aliphatic carbocycles. The number of halogens is 2. The molecule has 0 spiro atoms. The Morgan fingerprint density at radius 2 is 2.00 bits per heavy atom. The number of hydrogen-bond acceptors (Lipinski definition) is 2. The molecule has 110 valence electrons. The number of anilines is 1. The van der Waals surface area contributed by atoms with Crippen LogP contribution in [0.3, 0.4) is 0 Å². The van der Waals surface area contributed by atoms with Crippen molar-refractivity contribution in [3.05, 3.63) is 35.9 Å². The van der Waals surface area contributed by atoms with Gasteiger partial charge in [0.2, 0.25) is 0 Å². The Labute approximate surface area is 118 Å². The summed E-state index contributed by atoms with van der Waals surface area (Å²) in [5, 5.41) is 3.37. The molecular weight excluding hydrogens is 260 g/mol. The SMILES string of the molecule is CC1=CC(C)CC(CNc2ccc(OC(F)F)cc2)C1. The van der Waals surface area contributed by atoms with Crippen LogP contribution < -0.4 is 10.1 Å².